The first-order valence-corrected chi connectivity index (χ1v) is 8.31. The lowest BCUT2D eigenvalue weighted by atomic mass is 10.1. The van der Waals surface area contributed by atoms with Gasteiger partial charge in [-0.05, 0) is 38.0 Å². The molecular weight excluding hydrogens is 292 g/mol. The summed E-state index contributed by atoms with van der Waals surface area (Å²) in [5.41, 5.74) is 6.14. The number of ether oxygens (including phenoxy) is 1. The van der Waals surface area contributed by atoms with Crippen molar-refractivity contribution in [3.63, 3.8) is 0 Å². The largest absolute Gasteiger partial charge is 0.465 e. The standard InChI is InChI=1S/C14H20N2O4S/c1-10-5-3-4-8-16(10)21(18,19)13-7-6-11(9-12(13)15)14(17)20-2/h6-7,9-10H,3-5,8,15H2,1-2H3. The molecule has 0 radical (unpaired) electrons. The van der Waals surface area contributed by atoms with Crippen molar-refractivity contribution in [2.24, 2.45) is 0 Å². The number of sulfonamides is 1. The Morgan fingerprint density at radius 3 is 2.67 bits per heavy atom. The summed E-state index contributed by atoms with van der Waals surface area (Å²) in [6, 6.07) is 4.10. The van der Waals surface area contributed by atoms with Crippen LogP contribution in [0.3, 0.4) is 0 Å². The van der Waals surface area contributed by atoms with Gasteiger partial charge in [0.1, 0.15) is 4.90 Å². The van der Waals surface area contributed by atoms with Gasteiger partial charge < -0.3 is 10.5 Å². The molecule has 1 aromatic rings. The Kier molecular flexibility index (Phi) is 4.53. The number of carbonyl (C=O) groups excluding carboxylic acids is 1. The van der Waals surface area contributed by atoms with Gasteiger partial charge in [0.15, 0.2) is 0 Å². The minimum Gasteiger partial charge on any atom is -0.465 e. The molecule has 1 atom stereocenters. The average molecular weight is 312 g/mol. The van der Waals surface area contributed by atoms with Crippen LogP contribution in [-0.2, 0) is 14.8 Å². The molecule has 1 heterocycles. The smallest absolute Gasteiger partial charge is 0.337 e. The second kappa shape index (κ2) is 6.03. The molecule has 0 aliphatic carbocycles. The number of hydrogen-bond donors (Lipinski definition) is 1. The molecular formula is C14H20N2O4S. The van der Waals surface area contributed by atoms with Crippen LogP contribution < -0.4 is 5.73 Å². The first kappa shape index (κ1) is 15.8. The molecule has 2 rings (SSSR count). The Morgan fingerprint density at radius 1 is 1.38 bits per heavy atom. The molecule has 7 heteroatoms. The minimum absolute atomic E-state index is 0.0385. The predicted octanol–water partition coefficient (Wildman–Crippen LogP) is 1.62. The van der Waals surface area contributed by atoms with Crippen LogP contribution in [0, 0.1) is 0 Å². The minimum atomic E-state index is -3.63. The molecule has 2 N–H and O–H groups in total. The van der Waals surface area contributed by atoms with Gasteiger partial charge in [-0.2, -0.15) is 4.31 Å². The Bertz CT molecular complexity index is 642. The predicted molar refractivity (Wildman–Crippen MR) is 79.4 cm³/mol. The van der Waals surface area contributed by atoms with E-state index in [0.717, 1.165) is 19.3 Å². The summed E-state index contributed by atoms with van der Waals surface area (Å²) in [7, 11) is -2.37. The van der Waals surface area contributed by atoms with E-state index in [1.807, 2.05) is 6.92 Å². The first-order chi connectivity index (χ1) is 9.87. The molecule has 0 amide bonds. The van der Waals surface area contributed by atoms with Gasteiger partial charge in [-0.1, -0.05) is 6.42 Å². The highest BCUT2D eigenvalue weighted by atomic mass is 32.2. The average Bonchev–Trinajstić information content (AvgIpc) is 2.46. The van der Waals surface area contributed by atoms with Crippen LogP contribution in [0.4, 0.5) is 5.69 Å². The molecule has 0 saturated carbocycles. The molecule has 1 unspecified atom stereocenters. The summed E-state index contributed by atoms with van der Waals surface area (Å²) >= 11 is 0. The van der Waals surface area contributed by atoms with E-state index in [2.05, 4.69) is 4.74 Å². The van der Waals surface area contributed by atoms with E-state index in [-0.39, 0.29) is 22.2 Å². The molecule has 1 aromatic carbocycles. The Hall–Kier alpha value is -1.60. The fraction of sp³-hybridized carbons (Fsp3) is 0.500. The Labute approximate surface area is 124 Å². The van der Waals surface area contributed by atoms with Crippen molar-refractivity contribution in [3.05, 3.63) is 23.8 Å². The zero-order chi connectivity index (χ0) is 15.6. The van der Waals surface area contributed by atoms with E-state index in [4.69, 9.17) is 5.73 Å². The molecule has 1 aliphatic rings. The van der Waals surface area contributed by atoms with Gasteiger partial charge in [0.05, 0.1) is 18.4 Å². The van der Waals surface area contributed by atoms with Crippen LogP contribution in [0.15, 0.2) is 23.1 Å². The zero-order valence-corrected chi connectivity index (χ0v) is 13.0. The fourth-order valence-corrected chi connectivity index (χ4v) is 4.38. The van der Waals surface area contributed by atoms with Crippen molar-refractivity contribution in [1.82, 2.24) is 4.31 Å². The van der Waals surface area contributed by atoms with E-state index >= 15 is 0 Å². The number of carbonyl (C=O) groups is 1. The van der Waals surface area contributed by atoms with Crippen molar-refractivity contribution in [2.45, 2.75) is 37.1 Å². The van der Waals surface area contributed by atoms with Crippen molar-refractivity contribution in [1.29, 1.82) is 0 Å². The number of nitrogens with two attached hydrogens (primary N) is 1. The summed E-state index contributed by atoms with van der Waals surface area (Å²) in [5.74, 6) is -0.544. The number of esters is 1. The van der Waals surface area contributed by atoms with Crippen LogP contribution in [0.5, 0.6) is 0 Å². The lowest BCUT2D eigenvalue weighted by Gasteiger charge is -2.32. The van der Waals surface area contributed by atoms with Crippen LogP contribution in [0.1, 0.15) is 36.5 Å². The van der Waals surface area contributed by atoms with Crippen LogP contribution in [0.2, 0.25) is 0 Å². The van der Waals surface area contributed by atoms with Crippen LogP contribution in [-0.4, -0.2) is 38.4 Å². The number of benzene rings is 1. The Balaban J connectivity index is 2.38. The van der Waals surface area contributed by atoms with Gasteiger partial charge in [0, 0.05) is 12.6 Å². The summed E-state index contributed by atoms with van der Waals surface area (Å²) < 4.78 is 31.5. The fourth-order valence-electron chi connectivity index (χ4n) is 2.58. The number of rotatable bonds is 3. The molecule has 1 fully saturated rings. The highest BCUT2D eigenvalue weighted by molar-refractivity contribution is 7.89. The van der Waals surface area contributed by atoms with Crippen molar-refractivity contribution >= 4 is 21.7 Å². The third-order valence-corrected chi connectivity index (χ3v) is 5.85. The topological polar surface area (TPSA) is 89.7 Å². The number of nitrogen functional groups attached to an aromatic ring is 1. The lowest BCUT2D eigenvalue weighted by Crippen LogP contribution is -2.42. The van der Waals surface area contributed by atoms with E-state index in [1.165, 1.54) is 29.6 Å². The van der Waals surface area contributed by atoms with E-state index in [0.29, 0.717) is 6.54 Å². The molecule has 1 aliphatic heterocycles. The van der Waals surface area contributed by atoms with Crippen molar-refractivity contribution in [2.75, 3.05) is 19.4 Å². The van der Waals surface area contributed by atoms with Gasteiger partial charge in [-0.3, -0.25) is 0 Å². The monoisotopic (exact) mass is 312 g/mol. The maximum atomic E-state index is 12.7. The second-order valence-corrected chi connectivity index (χ2v) is 7.06. The van der Waals surface area contributed by atoms with Crippen molar-refractivity contribution < 1.29 is 17.9 Å². The number of piperidine rings is 1. The molecule has 21 heavy (non-hydrogen) atoms. The SMILES string of the molecule is COC(=O)c1ccc(S(=O)(=O)N2CCCCC2C)c(N)c1. The number of anilines is 1. The highest BCUT2D eigenvalue weighted by Crippen LogP contribution is 2.28. The van der Waals surface area contributed by atoms with E-state index in [9.17, 15) is 13.2 Å². The second-order valence-electron chi connectivity index (χ2n) is 5.20. The first-order valence-electron chi connectivity index (χ1n) is 6.87. The molecule has 116 valence electrons. The highest BCUT2D eigenvalue weighted by Gasteiger charge is 2.32. The Morgan fingerprint density at radius 2 is 2.10 bits per heavy atom. The van der Waals surface area contributed by atoms with E-state index < -0.39 is 16.0 Å². The lowest BCUT2D eigenvalue weighted by molar-refractivity contribution is 0.0600. The molecule has 1 saturated heterocycles. The molecule has 6 nitrogen and oxygen atoms in total. The van der Waals surface area contributed by atoms with Gasteiger partial charge in [-0.25, -0.2) is 13.2 Å². The van der Waals surface area contributed by atoms with Crippen LogP contribution >= 0.6 is 0 Å². The van der Waals surface area contributed by atoms with Gasteiger partial charge in [-0.15, -0.1) is 0 Å². The molecule has 0 aromatic heterocycles. The third kappa shape index (κ3) is 3.03. The summed E-state index contributed by atoms with van der Waals surface area (Å²) in [5, 5.41) is 0. The number of hydrogen-bond acceptors (Lipinski definition) is 5. The molecule has 0 spiro atoms. The van der Waals surface area contributed by atoms with Crippen LogP contribution in [0.25, 0.3) is 0 Å². The van der Waals surface area contributed by atoms with E-state index in [1.54, 1.807) is 0 Å². The van der Waals surface area contributed by atoms with Crippen molar-refractivity contribution in [3.8, 4) is 0 Å². The maximum absolute atomic E-state index is 12.7. The molecule has 0 bridgehead atoms. The summed E-state index contributed by atoms with van der Waals surface area (Å²) in [4.78, 5) is 11.5. The summed E-state index contributed by atoms with van der Waals surface area (Å²) in [6.45, 7) is 2.40. The van der Waals surface area contributed by atoms with Gasteiger partial charge >= 0.3 is 5.97 Å². The maximum Gasteiger partial charge on any atom is 0.337 e. The normalized spacial score (nSPS) is 20.2. The number of nitrogens with zero attached hydrogens (tertiary/aromatic N) is 1. The number of methoxy groups -OCH3 is 1. The van der Waals surface area contributed by atoms with Gasteiger partial charge in [0.2, 0.25) is 10.0 Å². The zero-order valence-electron chi connectivity index (χ0n) is 12.2. The quantitative estimate of drug-likeness (QED) is 0.676. The third-order valence-electron chi connectivity index (χ3n) is 3.76. The van der Waals surface area contributed by atoms with Gasteiger partial charge in [0.25, 0.3) is 0 Å². The summed E-state index contributed by atoms with van der Waals surface area (Å²) in [6.07, 6.45) is 2.73.